The number of rotatable bonds is 6. The summed E-state index contributed by atoms with van der Waals surface area (Å²) >= 11 is 0. The number of hydrogen-bond donors (Lipinski definition) is 2. The van der Waals surface area contributed by atoms with Gasteiger partial charge in [-0.25, -0.2) is 4.79 Å². The van der Waals surface area contributed by atoms with Crippen molar-refractivity contribution < 1.29 is 9.53 Å². The first-order valence-electron chi connectivity index (χ1n) is 9.75. The van der Waals surface area contributed by atoms with Crippen molar-refractivity contribution in [2.75, 3.05) is 7.11 Å². The number of nitrogens with one attached hydrogen (secondary N) is 2. The number of carbonyl (C=O) groups is 1. The van der Waals surface area contributed by atoms with Gasteiger partial charge in [0.15, 0.2) is 0 Å². The fraction of sp³-hybridized carbons (Fsp3) is 0.174. The number of amides is 1. The van der Waals surface area contributed by atoms with E-state index in [1.165, 1.54) is 0 Å². The standard InChI is InChI=1S/C23H22N4O4/c1-26-14-17(21(28)24-12-16-10-6-7-11-18(16)31-2)19-20(26)22(29)27(23(30)25-19)13-15-8-4-3-5-9-15/h3-11,14H,12-13H2,1-2H3,(H,24,28)(H,25,30). The molecule has 0 aliphatic carbocycles. The van der Waals surface area contributed by atoms with E-state index >= 15 is 0 Å². The minimum atomic E-state index is -0.564. The summed E-state index contributed by atoms with van der Waals surface area (Å²) in [6.45, 7) is 0.389. The lowest BCUT2D eigenvalue weighted by Gasteiger charge is -2.09. The quantitative estimate of drug-likeness (QED) is 0.501. The summed E-state index contributed by atoms with van der Waals surface area (Å²) in [6.07, 6.45) is 1.55. The number of methoxy groups -OCH3 is 1. The topological polar surface area (TPSA) is 98.1 Å². The molecule has 0 saturated carbocycles. The Hall–Kier alpha value is -4.07. The van der Waals surface area contributed by atoms with Gasteiger partial charge < -0.3 is 19.6 Å². The van der Waals surface area contributed by atoms with E-state index in [2.05, 4.69) is 10.3 Å². The number of aromatic amines is 1. The van der Waals surface area contributed by atoms with Crippen LogP contribution in [0.3, 0.4) is 0 Å². The van der Waals surface area contributed by atoms with Crippen molar-refractivity contribution in [3.05, 3.63) is 98.3 Å². The average molecular weight is 418 g/mol. The van der Waals surface area contributed by atoms with Gasteiger partial charge in [0.05, 0.1) is 24.7 Å². The molecule has 4 rings (SSSR count). The molecule has 0 aliphatic heterocycles. The zero-order valence-electron chi connectivity index (χ0n) is 17.2. The number of carbonyl (C=O) groups excluding carboxylic acids is 1. The molecule has 2 heterocycles. The van der Waals surface area contributed by atoms with Gasteiger partial charge in [-0.3, -0.25) is 14.2 Å². The maximum Gasteiger partial charge on any atom is 0.329 e. The normalized spacial score (nSPS) is 10.9. The number of H-pyrrole nitrogens is 1. The van der Waals surface area contributed by atoms with Crippen LogP contribution in [0.15, 0.2) is 70.4 Å². The molecule has 0 aliphatic rings. The highest BCUT2D eigenvalue weighted by Crippen LogP contribution is 2.18. The number of fused-ring (bicyclic) bond motifs is 1. The fourth-order valence-electron chi connectivity index (χ4n) is 3.61. The van der Waals surface area contributed by atoms with Gasteiger partial charge in [0.1, 0.15) is 11.3 Å². The number of aromatic nitrogens is 3. The highest BCUT2D eigenvalue weighted by Gasteiger charge is 2.20. The van der Waals surface area contributed by atoms with E-state index in [1.807, 2.05) is 54.6 Å². The number of benzene rings is 2. The number of aryl methyl sites for hydroxylation is 1. The molecule has 1 amide bonds. The molecule has 0 fully saturated rings. The number of ether oxygens (including phenoxy) is 1. The number of hydrogen-bond acceptors (Lipinski definition) is 4. The van der Waals surface area contributed by atoms with Crippen LogP contribution in [0.1, 0.15) is 21.5 Å². The SMILES string of the molecule is COc1ccccc1CNC(=O)c1cn(C)c2c(=O)n(Cc3ccccc3)c(=O)[nH]c12. The third-order valence-electron chi connectivity index (χ3n) is 5.17. The molecule has 158 valence electrons. The van der Waals surface area contributed by atoms with Crippen LogP contribution in [0.2, 0.25) is 0 Å². The van der Waals surface area contributed by atoms with E-state index in [1.54, 1.807) is 24.9 Å². The highest BCUT2D eigenvalue weighted by atomic mass is 16.5. The Morgan fingerprint density at radius 3 is 2.52 bits per heavy atom. The molecule has 8 nitrogen and oxygen atoms in total. The average Bonchev–Trinajstić information content (AvgIpc) is 3.12. The van der Waals surface area contributed by atoms with Crippen molar-refractivity contribution in [3.63, 3.8) is 0 Å². The van der Waals surface area contributed by atoms with Crippen LogP contribution >= 0.6 is 0 Å². The van der Waals surface area contributed by atoms with Gasteiger partial charge in [-0.1, -0.05) is 48.5 Å². The summed E-state index contributed by atoms with van der Waals surface area (Å²) in [6, 6.07) is 16.6. The maximum absolute atomic E-state index is 13.0. The minimum Gasteiger partial charge on any atom is -0.496 e. The van der Waals surface area contributed by atoms with Crippen LogP contribution in [0, 0.1) is 0 Å². The molecule has 0 bridgehead atoms. The molecule has 31 heavy (non-hydrogen) atoms. The second-order valence-corrected chi connectivity index (χ2v) is 7.18. The lowest BCUT2D eigenvalue weighted by atomic mass is 10.2. The van der Waals surface area contributed by atoms with Gasteiger partial charge in [0.2, 0.25) is 0 Å². The third kappa shape index (κ3) is 3.87. The summed E-state index contributed by atoms with van der Waals surface area (Å²) < 4.78 is 8.00. The van der Waals surface area contributed by atoms with Crippen molar-refractivity contribution in [1.29, 1.82) is 0 Å². The summed E-state index contributed by atoms with van der Waals surface area (Å²) in [5.74, 6) is 0.269. The van der Waals surface area contributed by atoms with Gasteiger partial charge in [0, 0.05) is 25.4 Å². The highest BCUT2D eigenvalue weighted by molar-refractivity contribution is 6.05. The third-order valence-corrected chi connectivity index (χ3v) is 5.17. The van der Waals surface area contributed by atoms with Crippen LogP contribution in [0.5, 0.6) is 5.75 Å². The first kappa shape index (κ1) is 20.2. The molecule has 4 aromatic rings. The van der Waals surface area contributed by atoms with Crippen molar-refractivity contribution in [2.45, 2.75) is 13.1 Å². The van der Waals surface area contributed by atoms with E-state index in [-0.39, 0.29) is 29.7 Å². The van der Waals surface area contributed by atoms with Gasteiger partial charge in [-0.15, -0.1) is 0 Å². The summed E-state index contributed by atoms with van der Waals surface area (Å²) in [5.41, 5.74) is 1.35. The van der Waals surface area contributed by atoms with E-state index in [9.17, 15) is 14.4 Å². The van der Waals surface area contributed by atoms with Crippen LogP contribution in [0.4, 0.5) is 0 Å². The predicted octanol–water partition coefficient (Wildman–Crippen LogP) is 2.02. The molecule has 2 aromatic heterocycles. The first-order chi connectivity index (χ1) is 15.0. The summed E-state index contributed by atoms with van der Waals surface area (Å²) in [4.78, 5) is 41.3. The van der Waals surface area contributed by atoms with E-state index in [4.69, 9.17) is 4.74 Å². The van der Waals surface area contributed by atoms with Crippen LogP contribution in [0.25, 0.3) is 11.0 Å². The van der Waals surface area contributed by atoms with Gasteiger partial charge in [-0.05, 0) is 11.6 Å². The fourth-order valence-corrected chi connectivity index (χ4v) is 3.61. The van der Waals surface area contributed by atoms with E-state index in [0.717, 1.165) is 15.7 Å². The zero-order valence-corrected chi connectivity index (χ0v) is 17.2. The Morgan fingerprint density at radius 2 is 1.77 bits per heavy atom. The minimum absolute atomic E-state index is 0.144. The first-order valence-corrected chi connectivity index (χ1v) is 9.75. The van der Waals surface area contributed by atoms with Crippen molar-refractivity contribution in [2.24, 2.45) is 7.05 Å². The predicted molar refractivity (Wildman–Crippen MR) is 118 cm³/mol. The van der Waals surface area contributed by atoms with Crippen LogP contribution in [-0.2, 0) is 20.1 Å². The monoisotopic (exact) mass is 418 g/mol. The molecule has 8 heteroatoms. The summed E-state index contributed by atoms with van der Waals surface area (Å²) in [5, 5.41) is 2.83. The van der Waals surface area contributed by atoms with Crippen LogP contribution < -0.4 is 21.3 Å². The summed E-state index contributed by atoms with van der Waals surface area (Å²) in [7, 11) is 3.24. The second-order valence-electron chi connectivity index (χ2n) is 7.18. The van der Waals surface area contributed by atoms with Gasteiger partial charge in [-0.2, -0.15) is 0 Å². The number of nitrogens with zero attached hydrogens (tertiary/aromatic N) is 2. The van der Waals surface area contributed by atoms with Gasteiger partial charge >= 0.3 is 5.69 Å². The van der Waals surface area contributed by atoms with Gasteiger partial charge in [0.25, 0.3) is 11.5 Å². The lowest BCUT2D eigenvalue weighted by Crippen LogP contribution is -2.36. The van der Waals surface area contributed by atoms with Crippen LogP contribution in [-0.4, -0.2) is 27.1 Å². The van der Waals surface area contributed by atoms with E-state index in [0.29, 0.717) is 5.75 Å². The zero-order chi connectivity index (χ0) is 22.0. The largest absolute Gasteiger partial charge is 0.496 e. The van der Waals surface area contributed by atoms with Crippen molar-refractivity contribution in [3.8, 4) is 5.75 Å². The molecule has 0 saturated heterocycles. The molecular weight excluding hydrogens is 396 g/mol. The Labute approximate surface area is 177 Å². The second kappa shape index (κ2) is 8.35. The Balaban J connectivity index is 1.67. The van der Waals surface area contributed by atoms with Crippen molar-refractivity contribution in [1.82, 2.24) is 19.4 Å². The molecule has 2 aromatic carbocycles. The smallest absolute Gasteiger partial charge is 0.329 e. The Kier molecular flexibility index (Phi) is 5.44. The molecular formula is C23H22N4O4. The number of para-hydroxylation sites is 1. The molecule has 2 N–H and O–H groups in total. The van der Waals surface area contributed by atoms with E-state index < -0.39 is 17.2 Å². The molecule has 0 spiro atoms. The maximum atomic E-state index is 13.0. The molecule has 0 radical (unpaired) electrons. The molecule has 0 unspecified atom stereocenters. The van der Waals surface area contributed by atoms with Crippen molar-refractivity contribution >= 4 is 16.9 Å². The molecule has 0 atom stereocenters. The Bertz CT molecular complexity index is 1370. The Morgan fingerprint density at radius 1 is 1.06 bits per heavy atom. The lowest BCUT2D eigenvalue weighted by molar-refractivity contribution is 0.0952.